The van der Waals surface area contributed by atoms with Crippen molar-refractivity contribution in [1.29, 1.82) is 0 Å². The third-order valence-electron chi connectivity index (χ3n) is 0.986. The van der Waals surface area contributed by atoms with Gasteiger partial charge in [-0.25, -0.2) is 0 Å². The molecule has 0 aromatic carbocycles. The first-order chi connectivity index (χ1) is 5.41. The predicted octanol–water partition coefficient (Wildman–Crippen LogP) is 0.727. The van der Waals surface area contributed by atoms with Crippen LogP contribution in [0.1, 0.15) is 26.7 Å². The zero-order chi connectivity index (χ0) is 8.95. The Morgan fingerprint density at radius 1 is 0.909 bits per heavy atom. The third kappa shape index (κ3) is 17.7. The minimum atomic E-state index is 0.711. The van der Waals surface area contributed by atoms with E-state index in [2.05, 4.69) is 0 Å². The lowest BCUT2D eigenvalue weighted by Gasteiger charge is -1.99. The van der Waals surface area contributed by atoms with Crippen LogP contribution >= 0.6 is 0 Å². The van der Waals surface area contributed by atoms with Gasteiger partial charge in [0.05, 0.1) is 0 Å². The molecule has 0 aliphatic heterocycles. The topological polar surface area (TPSA) is 61.3 Å². The van der Waals surface area contributed by atoms with Crippen LogP contribution < -0.4 is 11.5 Å². The summed E-state index contributed by atoms with van der Waals surface area (Å²) < 4.78 is 5.15. The summed E-state index contributed by atoms with van der Waals surface area (Å²) in [5.41, 5.74) is 10.5. The van der Waals surface area contributed by atoms with E-state index in [4.69, 9.17) is 16.2 Å². The summed E-state index contributed by atoms with van der Waals surface area (Å²) in [5, 5.41) is 0. The zero-order valence-corrected chi connectivity index (χ0v) is 7.81. The Morgan fingerprint density at radius 3 is 1.55 bits per heavy atom. The van der Waals surface area contributed by atoms with E-state index in [1.165, 1.54) is 0 Å². The summed E-state index contributed by atoms with van der Waals surface area (Å²) >= 11 is 0. The standard InChI is InChI=1S/C6H16N2O.C2H6/c7-3-1-5-9-6-2-4-8;1-2/h1-8H2;1-2H3. The molecule has 0 saturated heterocycles. The van der Waals surface area contributed by atoms with Crippen molar-refractivity contribution < 1.29 is 4.74 Å². The van der Waals surface area contributed by atoms with Gasteiger partial charge in [-0.15, -0.1) is 0 Å². The van der Waals surface area contributed by atoms with E-state index < -0.39 is 0 Å². The molecule has 3 heteroatoms. The van der Waals surface area contributed by atoms with Gasteiger partial charge in [0.1, 0.15) is 0 Å². The lowest BCUT2D eigenvalue weighted by Crippen LogP contribution is -2.08. The lowest BCUT2D eigenvalue weighted by atomic mass is 10.4. The molecule has 0 heterocycles. The molecule has 0 atom stereocenters. The van der Waals surface area contributed by atoms with Crippen LogP contribution in [-0.4, -0.2) is 26.3 Å². The summed E-state index contributed by atoms with van der Waals surface area (Å²) in [7, 11) is 0. The molecular formula is C8H22N2O. The Bertz CT molecular complexity index is 45.4. The van der Waals surface area contributed by atoms with Gasteiger partial charge in [-0.1, -0.05) is 13.8 Å². The summed E-state index contributed by atoms with van der Waals surface area (Å²) in [4.78, 5) is 0. The van der Waals surface area contributed by atoms with Gasteiger partial charge in [-0.2, -0.15) is 0 Å². The molecule has 3 nitrogen and oxygen atoms in total. The van der Waals surface area contributed by atoms with Crippen molar-refractivity contribution in [1.82, 2.24) is 0 Å². The fourth-order valence-corrected chi connectivity index (χ4v) is 0.473. The Balaban J connectivity index is 0. The molecule has 11 heavy (non-hydrogen) atoms. The Morgan fingerprint density at radius 2 is 1.27 bits per heavy atom. The van der Waals surface area contributed by atoms with Crippen LogP contribution in [0, 0.1) is 0 Å². The Labute approximate surface area is 70.1 Å². The monoisotopic (exact) mass is 162 g/mol. The second-order valence-electron chi connectivity index (χ2n) is 1.90. The van der Waals surface area contributed by atoms with Gasteiger partial charge >= 0.3 is 0 Å². The average molecular weight is 162 g/mol. The van der Waals surface area contributed by atoms with Crippen LogP contribution in [0.15, 0.2) is 0 Å². The van der Waals surface area contributed by atoms with E-state index in [1.807, 2.05) is 13.8 Å². The summed E-state index contributed by atoms with van der Waals surface area (Å²) in [5.74, 6) is 0. The molecule has 0 bridgehead atoms. The molecule has 0 aliphatic rings. The SMILES string of the molecule is CC.NCCCOCCCN. The van der Waals surface area contributed by atoms with E-state index >= 15 is 0 Å². The quantitative estimate of drug-likeness (QED) is 0.566. The molecule has 4 N–H and O–H groups in total. The average Bonchev–Trinajstić information content (AvgIpc) is 2.08. The number of hydrogen-bond donors (Lipinski definition) is 2. The molecule has 0 aromatic rings. The fraction of sp³-hybridized carbons (Fsp3) is 1.00. The first kappa shape index (κ1) is 13.5. The maximum Gasteiger partial charge on any atom is 0.0478 e. The third-order valence-corrected chi connectivity index (χ3v) is 0.986. The van der Waals surface area contributed by atoms with Crippen LogP contribution in [-0.2, 0) is 4.74 Å². The van der Waals surface area contributed by atoms with Gasteiger partial charge < -0.3 is 16.2 Å². The van der Waals surface area contributed by atoms with Crippen LogP contribution in [0.5, 0.6) is 0 Å². The maximum atomic E-state index is 5.24. The highest BCUT2D eigenvalue weighted by Crippen LogP contribution is 1.81. The minimum absolute atomic E-state index is 0.711. The minimum Gasteiger partial charge on any atom is -0.381 e. The molecule has 0 saturated carbocycles. The van der Waals surface area contributed by atoms with E-state index in [0.717, 1.165) is 26.1 Å². The van der Waals surface area contributed by atoms with Gasteiger partial charge in [0, 0.05) is 13.2 Å². The van der Waals surface area contributed by atoms with Crippen molar-refractivity contribution >= 4 is 0 Å². The molecular weight excluding hydrogens is 140 g/mol. The van der Waals surface area contributed by atoms with E-state index in [0.29, 0.717) is 13.1 Å². The van der Waals surface area contributed by atoms with Crippen molar-refractivity contribution in [2.75, 3.05) is 26.3 Å². The highest BCUT2D eigenvalue weighted by atomic mass is 16.5. The molecule has 0 unspecified atom stereocenters. The van der Waals surface area contributed by atoms with Crippen molar-refractivity contribution in [2.45, 2.75) is 26.7 Å². The van der Waals surface area contributed by atoms with Crippen molar-refractivity contribution in [3.63, 3.8) is 0 Å². The first-order valence-electron chi connectivity index (χ1n) is 4.39. The highest BCUT2D eigenvalue weighted by molar-refractivity contribution is 4.38. The largest absolute Gasteiger partial charge is 0.381 e. The van der Waals surface area contributed by atoms with E-state index in [1.54, 1.807) is 0 Å². The zero-order valence-electron chi connectivity index (χ0n) is 7.81. The van der Waals surface area contributed by atoms with Gasteiger partial charge in [0.15, 0.2) is 0 Å². The van der Waals surface area contributed by atoms with Crippen LogP contribution in [0.2, 0.25) is 0 Å². The number of rotatable bonds is 6. The highest BCUT2D eigenvalue weighted by Gasteiger charge is 1.84. The maximum absolute atomic E-state index is 5.24. The number of hydrogen-bond acceptors (Lipinski definition) is 3. The Hall–Kier alpha value is -0.120. The van der Waals surface area contributed by atoms with Crippen LogP contribution in [0.3, 0.4) is 0 Å². The van der Waals surface area contributed by atoms with E-state index in [9.17, 15) is 0 Å². The summed E-state index contributed by atoms with van der Waals surface area (Å²) in [6, 6.07) is 0. The summed E-state index contributed by atoms with van der Waals surface area (Å²) in [6.45, 7) is 6.97. The van der Waals surface area contributed by atoms with Crippen molar-refractivity contribution in [3.05, 3.63) is 0 Å². The molecule has 0 aromatic heterocycles. The smallest absolute Gasteiger partial charge is 0.0478 e. The van der Waals surface area contributed by atoms with Gasteiger partial charge in [-0.3, -0.25) is 0 Å². The number of nitrogens with two attached hydrogens (primary N) is 2. The molecule has 0 amide bonds. The molecule has 0 rings (SSSR count). The molecule has 70 valence electrons. The molecule has 0 aliphatic carbocycles. The second-order valence-corrected chi connectivity index (χ2v) is 1.90. The lowest BCUT2D eigenvalue weighted by molar-refractivity contribution is 0.132. The van der Waals surface area contributed by atoms with Gasteiger partial charge in [0.25, 0.3) is 0 Å². The van der Waals surface area contributed by atoms with Crippen LogP contribution in [0.25, 0.3) is 0 Å². The van der Waals surface area contributed by atoms with Crippen LogP contribution in [0.4, 0.5) is 0 Å². The first-order valence-corrected chi connectivity index (χ1v) is 4.39. The van der Waals surface area contributed by atoms with Crippen molar-refractivity contribution in [3.8, 4) is 0 Å². The molecule has 0 spiro atoms. The van der Waals surface area contributed by atoms with E-state index in [-0.39, 0.29) is 0 Å². The second kappa shape index (κ2) is 16.5. The number of ether oxygens (including phenoxy) is 1. The normalized spacial score (nSPS) is 8.73. The van der Waals surface area contributed by atoms with Gasteiger partial charge in [-0.05, 0) is 25.9 Å². The fourth-order valence-electron chi connectivity index (χ4n) is 0.473. The van der Waals surface area contributed by atoms with Crippen molar-refractivity contribution in [2.24, 2.45) is 11.5 Å². The predicted molar refractivity (Wildman–Crippen MR) is 49.5 cm³/mol. The Kier molecular flexibility index (Phi) is 20.2. The molecule has 0 radical (unpaired) electrons. The molecule has 0 fully saturated rings. The van der Waals surface area contributed by atoms with Gasteiger partial charge in [0.2, 0.25) is 0 Å². The summed E-state index contributed by atoms with van der Waals surface area (Å²) in [6.07, 6.45) is 1.90.